The molecule has 3 rings (SSSR count). The Balaban J connectivity index is 1.60. The van der Waals surface area contributed by atoms with Crippen LogP contribution in [0.25, 0.3) is 11.1 Å². The molecule has 114 valence electrons. The number of rotatable bonds is 5. The number of benzene rings is 1. The van der Waals surface area contributed by atoms with Gasteiger partial charge in [0, 0.05) is 24.0 Å². The number of amides is 1. The van der Waals surface area contributed by atoms with Crippen LogP contribution in [0.3, 0.4) is 0 Å². The van der Waals surface area contributed by atoms with Gasteiger partial charge >= 0.3 is 5.76 Å². The van der Waals surface area contributed by atoms with Gasteiger partial charge in [0.25, 0.3) is 0 Å². The normalized spacial score (nSPS) is 11.0. The molecule has 7 heteroatoms. The van der Waals surface area contributed by atoms with Gasteiger partial charge in [-0.15, -0.1) is 11.3 Å². The molecule has 0 radical (unpaired) electrons. The van der Waals surface area contributed by atoms with Crippen LogP contribution in [0, 0.1) is 6.92 Å². The van der Waals surface area contributed by atoms with Crippen molar-refractivity contribution in [3.8, 4) is 0 Å². The highest BCUT2D eigenvalue weighted by atomic mass is 32.1. The van der Waals surface area contributed by atoms with E-state index in [-0.39, 0.29) is 12.3 Å². The molecule has 0 atom stereocenters. The minimum absolute atomic E-state index is 0.120. The zero-order chi connectivity index (χ0) is 15.5. The summed E-state index contributed by atoms with van der Waals surface area (Å²) in [7, 11) is 0. The van der Waals surface area contributed by atoms with Crippen LogP contribution < -0.4 is 11.1 Å². The Hall–Kier alpha value is -2.41. The Morgan fingerprint density at radius 2 is 2.23 bits per heavy atom. The van der Waals surface area contributed by atoms with Gasteiger partial charge in [0.05, 0.1) is 12.1 Å². The van der Waals surface area contributed by atoms with Crippen molar-refractivity contribution in [3.05, 3.63) is 50.9 Å². The van der Waals surface area contributed by atoms with Crippen molar-refractivity contribution in [3.63, 3.8) is 0 Å². The zero-order valence-electron chi connectivity index (χ0n) is 12.0. The molecule has 0 bridgehead atoms. The second kappa shape index (κ2) is 6.15. The summed E-state index contributed by atoms with van der Waals surface area (Å²) in [5.74, 6) is -0.561. The third-order valence-electron chi connectivity index (χ3n) is 3.24. The number of aryl methyl sites for hydroxylation is 2. The Kier molecular flexibility index (Phi) is 4.06. The molecular weight excluding hydrogens is 302 g/mol. The highest BCUT2D eigenvalue weighted by Gasteiger charge is 2.10. The monoisotopic (exact) mass is 317 g/mol. The Morgan fingerprint density at radius 3 is 3.00 bits per heavy atom. The van der Waals surface area contributed by atoms with E-state index < -0.39 is 5.76 Å². The second-order valence-corrected chi connectivity index (χ2v) is 5.84. The van der Waals surface area contributed by atoms with E-state index in [2.05, 4.69) is 10.3 Å². The van der Waals surface area contributed by atoms with Gasteiger partial charge in [0.1, 0.15) is 5.01 Å². The number of fused-ring (bicyclic) bond motifs is 1. The molecule has 0 saturated heterocycles. The van der Waals surface area contributed by atoms with Gasteiger partial charge in [-0.2, -0.15) is 0 Å². The maximum atomic E-state index is 11.9. The fourth-order valence-electron chi connectivity index (χ4n) is 2.19. The summed E-state index contributed by atoms with van der Waals surface area (Å²) in [6.07, 6.45) is 0.216. The predicted octanol–water partition coefficient (Wildman–Crippen LogP) is 2.07. The SMILES string of the molecule is Cc1csc(CNC(=O)CCn2c(=O)oc3ccccc32)n1. The average Bonchev–Trinajstić information content (AvgIpc) is 3.05. The number of hydrogen-bond donors (Lipinski definition) is 1. The summed E-state index contributed by atoms with van der Waals surface area (Å²) in [5.41, 5.74) is 2.19. The molecule has 1 N–H and O–H groups in total. The molecule has 0 unspecified atom stereocenters. The van der Waals surface area contributed by atoms with E-state index in [9.17, 15) is 9.59 Å². The molecule has 1 aromatic carbocycles. The molecular formula is C15H15N3O3S. The lowest BCUT2D eigenvalue weighted by Crippen LogP contribution is -2.25. The molecule has 6 nitrogen and oxygen atoms in total. The number of nitrogens with zero attached hydrogens (tertiary/aromatic N) is 2. The van der Waals surface area contributed by atoms with Crippen LogP contribution in [-0.4, -0.2) is 15.5 Å². The largest absolute Gasteiger partial charge is 0.419 e. The van der Waals surface area contributed by atoms with Crippen molar-refractivity contribution < 1.29 is 9.21 Å². The maximum absolute atomic E-state index is 11.9. The molecule has 22 heavy (non-hydrogen) atoms. The fraction of sp³-hybridized carbons (Fsp3) is 0.267. The molecule has 0 fully saturated rings. The molecule has 0 aliphatic carbocycles. The zero-order valence-corrected chi connectivity index (χ0v) is 12.9. The van der Waals surface area contributed by atoms with Crippen LogP contribution in [0.5, 0.6) is 0 Å². The number of carbonyl (C=O) groups excluding carboxylic acids is 1. The van der Waals surface area contributed by atoms with E-state index in [1.807, 2.05) is 18.4 Å². The fourth-order valence-corrected chi connectivity index (χ4v) is 2.90. The lowest BCUT2D eigenvalue weighted by molar-refractivity contribution is -0.121. The smallest absolute Gasteiger partial charge is 0.408 e. The van der Waals surface area contributed by atoms with Crippen molar-refractivity contribution in [1.29, 1.82) is 0 Å². The van der Waals surface area contributed by atoms with Crippen LogP contribution in [-0.2, 0) is 17.9 Å². The molecule has 3 aromatic rings. The number of hydrogen-bond acceptors (Lipinski definition) is 5. The number of carbonyl (C=O) groups is 1. The van der Waals surface area contributed by atoms with E-state index in [1.165, 1.54) is 15.9 Å². The van der Waals surface area contributed by atoms with E-state index in [1.54, 1.807) is 18.2 Å². The molecule has 1 amide bonds. The Labute approximate surface area is 130 Å². The van der Waals surface area contributed by atoms with Crippen LogP contribution >= 0.6 is 11.3 Å². The molecule has 2 aromatic heterocycles. The predicted molar refractivity (Wildman–Crippen MR) is 83.8 cm³/mol. The lowest BCUT2D eigenvalue weighted by Gasteiger charge is -2.04. The van der Waals surface area contributed by atoms with Gasteiger partial charge in [0.15, 0.2) is 5.58 Å². The third-order valence-corrected chi connectivity index (χ3v) is 4.21. The van der Waals surface area contributed by atoms with Gasteiger partial charge in [0.2, 0.25) is 5.91 Å². The number of oxazole rings is 1. The van der Waals surface area contributed by atoms with Crippen molar-refractivity contribution in [2.45, 2.75) is 26.4 Å². The van der Waals surface area contributed by atoms with Gasteiger partial charge in [-0.25, -0.2) is 9.78 Å². The first-order valence-electron chi connectivity index (χ1n) is 6.89. The summed E-state index contributed by atoms with van der Waals surface area (Å²) in [4.78, 5) is 28.0. The quantitative estimate of drug-likeness (QED) is 0.781. The van der Waals surface area contributed by atoms with Crippen LogP contribution in [0.2, 0.25) is 0 Å². The summed E-state index contributed by atoms with van der Waals surface area (Å²) in [5, 5.41) is 5.62. The summed E-state index contributed by atoms with van der Waals surface area (Å²) in [6.45, 7) is 2.62. The first-order valence-corrected chi connectivity index (χ1v) is 7.77. The minimum Gasteiger partial charge on any atom is -0.408 e. The summed E-state index contributed by atoms with van der Waals surface area (Å²) >= 11 is 1.52. The maximum Gasteiger partial charge on any atom is 0.419 e. The summed E-state index contributed by atoms with van der Waals surface area (Å²) in [6, 6.07) is 7.17. The summed E-state index contributed by atoms with van der Waals surface area (Å²) < 4.78 is 6.61. The average molecular weight is 317 g/mol. The van der Waals surface area contributed by atoms with Gasteiger partial charge in [-0.3, -0.25) is 9.36 Å². The Morgan fingerprint density at radius 1 is 1.41 bits per heavy atom. The number of nitrogens with one attached hydrogen (secondary N) is 1. The number of para-hydroxylation sites is 2. The van der Waals surface area contributed by atoms with Crippen molar-refractivity contribution in [2.24, 2.45) is 0 Å². The van der Waals surface area contributed by atoms with Gasteiger partial charge in [-0.1, -0.05) is 12.1 Å². The third kappa shape index (κ3) is 3.09. The van der Waals surface area contributed by atoms with E-state index >= 15 is 0 Å². The molecule has 0 saturated carbocycles. The van der Waals surface area contributed by atoms with Crippen molar-refractivity contribution in [1.82, 2.24) is 14.9 Å². The molecule has 0 aliphatic rings. The lowest BCUT2D eigenvalue weighted by atomic mass is 10.3. The first-order chi connectivity index (χ1) is 10.6. The van der Waals surface area contributed by atoms with Crippen LogP contribution in [0.15, 0.2) is 38.9 Å². The Bertz CT molecular complexity index is 862. The topological polar surface area (TPSA) is 77.1 Å². The van der Waals surface area contributed by atoms with Crippen molar-refractivity contribution >= 4 is 28.3 Å². The van der Waals surface area contributed by atoms with E-state index in [0.29, 0.717) is 24.2 Å². The molecule has 0 aliphatic heterocycles. The standard InChI is InChI=1S/C15H15N3O3S/c1-10-9-22-14(17-10)8-16-13(19)6-7-18-11-4-2-3-5-12(11)21-15(18)20/h2-5,9H,6-8H2,1H3,(H,16,19). The number of aromatic nitrogens is 2. The van der Waals surface area contributed by atoms with Crippen LogP contribution in [0.1, 0.15) is 17.1 Å². The van der Waals surface area contributed by atoms with Gasteiger partial charge in [-0.05, 0) is 19.1 Å². The minimum atomic E-state index is -0.440. The van der Waals surface area contributed by atoms with E-state index in [4.69, 9.17) is 4.42 Å². The first kappa shape index (κ1) is 14.5. The molecule has 2 heterocycles. The highest BCUT2D eigenvalue weighted by Crippen LogP contribution is 2.12. The van der Waals surface area contributed by atoms with Gasteiger partial charge < -0.3 is 9.73 Å². The number of thiazole rings is 1. The molecule has 0 spiro atoms. The van der Waals surface area contributed by atoms with E-state index in [0.717, 1.165) is 10.7 Å². The second-order valence-electron chi connectivity index (χ2n) is 4.90. The highest BCUT2D eigenvalue weighted by molar-refractivity contribution is 7.09. The van der Waals surface area contributed by atoms with Crippen LogP contribution in [0.4, 0.5) is 0 Å². The van der Waals surface area contributed by atoms with Crippen molar-refractivity contribution in [2.75, 3.05) is 0 Å².